The van der Waals surface area contributed by atoms with Crippen LogP contribution >= 0.6 is 22.9 Å². The molecule has 3 nitrogen and oxygen atoms in total. The van der Waals surface area contributed by atoms with Gasteiger partial charge in [-0.1, -0.05) is 29.8 Å². The highest BCUT2D eigenvalue weighted by molar-refractivity contribution is 7.09. The molecule has 3 rings (SSSR count). The average molecular weight is 321 g/mol. The van der Waals surface area contributed by atoms with E-state index in [1.54, 1.807) is 11.3 Å². The molecule has 3 N–H and O–H groups in total. The van der Waals surface area contributed by atoms with E-state index < -0.39 is 5.54 Å². The number of nitrogens with two attached hydrogens (primary N) is 1. The molecule has 0 saturated heterocycles. The van der Waals surface area contributed by atoms with E-state index >= 15 is 0 Å². The van der Waals surface area contributed by atoms with Crippen LogP contribution in [0.25, 0.3) is 0 Å². The van der Waals surface area contributed by atoms with E-state index in [0.29, 0.717) is 11.6 Å². The number of hydrogen-bond acceptors (Lipinski definition) is 3. The van der Waals surface area contributed by atoms with Gasteiger partial charge in [0.25, 0.3) is 0 Å². The van der Waals surface area contributed by atoms with Crippen molar-refractivity contribution in [2.24, 2.45) is 11.7 Å². The van der Waals surface area contributed by atoms with E-state index in [1.807, 2.05) is 35.7 Å². The van der Waals surface area contributed by atoms with Crippen LogP contribution in [-0.2, 0) is 16.9 Å². The van der Waals surface area contributed by atoms with Crippen LogP contribution in [0.2, 0.25) is 5.02 Å². The second-order valence-corrected chi connectivity index (χ2v) is 6.86. The summed E-state index contributed by atoms with van der Waals surface area (Å²) in [6, 6.07) is 11.5. The molecule has 0 spiro atoms. The number of rotatable bonds is 6. The first-order valence-electron chi connectivity index (χ1n) is 6.96. The molecule has 1 unspecified atom stereocenters. The molecule has 1 atom stereocenters. The van der Waals surface area contributed by atoms with Crippen molar-refractivity contribution in [3.8, 4) is 0 Å². The van der Waals surface area contributed by atoms with Crippen LogP contribution in [0.5, 0.6) is 0 Å². The topological polar surface area (TPSA) is 55.1 Å². The first-order chi connectivity index (χ1) is 10.1. The van der Waals surface area contributed by atoms with Crippen LogP contribution in [0, 0.1) is 5.92 Å². The summed E-state index contributed by atoms with van der Waals surface area (Å²) in [6.07, 6.45) is 2.03. The first kappa shape index (κ1) is 14.6. The van der Waals surface area contributed by atoms with Gasteiger partial charge < -0.3 is 5.73 Å². The SMILES string of the molecule is NC(=O)C(NCc1cccs1)(c1ccc(Cl)cc1)C1CC1. The summed E-state index contributed by atoms with van der Waals surface area (Å²) in [5, 5.41) is 6.11. The lowest BCUT2D eigenvalue weighted by Gasteiger charge is -2.32. The third kappa shape index (κ3) is 2.84. The first-order valence-corrected chi connectivity index (χ1v) is 8.22. The lowest BCUT2D eigenvalue weighted by Crippen LogP contribution is -2.54. The Bertz CT molecular complexity index is 622. The van der Waals surface area contributed by atoms with Gasteiger partial charge in [-0.25, -0.2) is 0 Å². The second-order valence-electron chi connectivity index (χ2n) is 5.39. The summed E-state index contributed by atoms with van der Waals surface area (Å²) in [4.78, 5) is 13.5. The number of halogens is 1. The van der Waals surface area contributed by atoms with Gasteiger partial charge in [0.05, 0.1) is 0 Å². The van der Waals surface area contributed by atoms with E-state index in [2.05, 4.69) is 11.4 Å². The van der Waals surface area contributed by atoms with Crippen LogP contribution in [0.15, 0.2) is 41.8 Å². The Morgan fingerprint density at radius 2 is 2.05 bits per heavy atom. The van der Waals surface area contributed by atoms with Crippen molar-refractivity contribution in [1.29, 1.82) is 0 Å². The van der Waals surface area contributed by atoms with Crippen molar-refractivity contribution in [1.82, 2.24) is 5.32 Å². The Labute approximate surface area is 133 Å². The third-order valence-electron chi connectivity index (χ3n) is 4.00. The van der Waals surface area contributed by atoms with Gasteiger partial charge in [0.2, 0.25) is 5.91 Å². The number of carbonyl (C=O) groups excluding carboxylic acids is 1. The molecule has 2 aromatic rings. The predicted octanol–water partition coefficient (Wildman–Crippen LogP) is 3.28. The number of primary amides is 1. The molecule has 1 aromatic heterocycles. The molecule has 1 aromatic carbocycles. The number of benzene rings is 1. The molecular weight excluding hydrogens is 304 g/mol. The normalized spacial score (nSPS) is 17.4. The zero-order chi connectivity index (χ0) is 14.9. The Balaban J connectivity index is 1.93. The fourth-order valence-electron chi connectivity index (χ4n) is 2.78. The lowest BCUT2D eigenvalue weighted by atomic mass is 9.84. The third-order valence-corrected chi connectivity index (χ3v) is 5.13. The minimum Gasteiger partial charge on any atom is -0.368 e. The summed E-state index contributed by atoms with van der Waals surface area (Å²) < 4.78 is 0. The molecule has 1 heterocycles. The van der Waals surface area contributed by atoms with Crippen LogP contribution < -0.4 is 11.1 Å². The minimum atomic E-state index is -0.797. The number of amides is 1. The van der Waals surface area contributed by atoms with Crippen molar-refractivity contribution in [3.05, 3.63) is 57.2 Å². The van der Waals surface area contributed by atoms with Crippen molar-refractivity contribution in [2.45, 2.75) is 24.9 Å². The quantitative estimate of drug-likeness (QED) is 0.858. The molecule has 0 radical (unpaired) electrons. The average Bonchev–Trinajstić information content (AvgIpc) is 3.18. The maximum absolute atomic E-state index is 12.3. The van der Waals surface area contributed by atoms with Gasteiger partial charge in [-0.05, 0) is 47.9 Å². The van der Waals surface area contributed by atoms with Gasteiger partial charge in [-0.3, -0.25) is 10.1 Å². The van der Waals surface area contributed by atoms with Crippen LogP contribution in [-0.4, -0.2) is 5.91 Å². The highest BCUT2D eigenvalue weighted by Gasteiger charge is 2.50. The Morgan fingerprint density at radius 1 is 1.33 bits per heavy atom. The maximum Gasteiger partial charge on any atom is 0.242 e. The molecule has 1 saturated carbocycles. The Morgan fingerprint density at radius 3 is 2.57 bits per heavy atom. The summed E-state index contributed by atoms with van der Waals surface area (Å²) in [7, 11) is 0. The lowest BCUT2D eigenvalue weighted by molar-refractivity contribution is -0.125. The van der Waals surface area contributed by atoms with Gasteiger partial charge in [0.15, 0.2) is 0 Å². The number of carbonyl (C=O) groups is 1. The smallest absolute Gasteiger partial charge is 0.242 e. The number of nitrogens with one attached hydrogen (secondary N) is 1. The van der Waals surface area contributed by atoms with E-state index in [1.165, 1.54) is 4.88 Å². The molecule has 1 aliphatic rings. The van der Waals surface area contributed by atoms with E-state index in [-0.39, 0.29) is 11.8 Å². The molecule has 1 fully saturated rings. The predicted molar refractivity (Wildman–Crippen MR) is 86.2 cm³/mol. The molecule has 0 bridgehead atoms. The molecule has 1 amide bonds. The summed E-state index contributed by atoms with van der Waals surface area (Å²) in [5.41, 5.74) is 5.90. The molecule has 5 heteroatoms. The summed E-state index contributed by atoms with van der Waals surface area (Å²) in [6.45, 7) is 0.639. The highest BCUT2D eigenvalue weighted by Crippen LogP contribution is 2.46. The largest absolute Gasteiger partial charge is 0.368 e. The van der Waals surface area contributed by atoms with Gasteiger partial charge in [-0.15, -0.1) is 11.3 Å². The summed E-state index contributed by atoms with van der Waals surface area (Å²) in [5.74, 6) is -0.0555. The Hall–Kier alpha value is -1.36. The fraction of sp³-hybridized carbons (Fsp3) is 0.312. The van der Waals surface area contributed by atoms with Crippen LogP contribution in [0.4, 0.5) is 0 Å². The van der Waals surface area contributed by atoms with Crippen molar-refractivity contribution in [3.63, 3.8) is 0 Å². The maximum atomic E-state index is 12.3. The minimum absolute atomic E-state index is 0.260. The fourth-order valence-corrected chi connectivity index (χ4v) is 3.55. The van der Waals surface area contributed by atoms with Gasteiger partial charge >= 0.3 is 0 Å². The number of thiophene rings is 1. The van der Waals surface area contributed by atoms with E-state index in [0.717, 1.165) is 18.4 Å². The van der Waals surface area contributed by atoms with Crippen LogP contribution in [0.1, 0.15) is 23.3 Å². The molecule has 21 heavy (non-hydrogen) atoms. The van der Waals surface area contributed by atoms with E-state index in [9.17, 15) is 4.79 Å². The molecule has 1 aliphatic carbocycles. The summed E-state index contributed by atoms with van der Waals surface area (Å²) >= 11 is 7.63. The molecule has 110 valence electrons. The van der Waals surface area contributed by atoms with Crippen molar-refractivity contribution >= 4 is 28.8 Å². The second kappa shape index (κ2) is 5.79. The van der Waals surface area contributed by atoms with Crippen molar-refractivity contribution in [2.75, 3.05) is 0 Å². The van der Waals surface area contributed by atoms with Gasteiger partial charge in [0.1, 0.15) is 5.54 Å². The monoisotopic (exact) mass is 320 g/mol. The van der Waals surface area contributed by atoms with Crippen LogP contribution in [0.3, 0.4) is 0 Å². The zero-order valence-corrected chi connectivity index (χ0v) is 13.1. The van der Waals surface area contributed by atoms with Gasteiger partial charge in [-0.2, -0.15) is 0 Å². The van der Waals surface area contributed by atoms with E-state index in [4.69, 9.17) is 17.3 Å². The number of hydrogen-bond donors (Lipinski definition) is 2. The zero-order valence-electron chi connectivity index (χ0n) is 11.5. The molecule has 0 aliphatic heterocycles. The molecular formula is C16H17ClN2OS. The van der Waals surface area contributed by atoms with Crippen molar-refractivity contribution < 1.29 is 4.79 Å². The highest BCUT2D eigenvalue weighted by atomic mass is 35.5. The van der Waals surface area contributed by atoms with Gasteiger partial charge in [0, 0.05) is 16.4 Å². The Kier molecular flexibility index (Phi) is 4.02. The standard InChI is InChI=1S/C16H17ClN2OS/c17-13-7-5-12(6-8-13)16(15(18)20,11-3-4-11)19-10-14-2-1-9-21-14/h1-2,5-9,11,19H,3-4,10H2,(H2,18,20).